The molecule has 4 nitrogen and oxygen atoms in total. The maximum Gasteiger partial charge on any atom is 0.242 e. The summed E-state index contributed by atoms with van der Waals surface area (Å²) < 4.78 is 2.16. The molecule has 29 heavy (non-hydrogen) atoms. The average molecular weight is 444 g/mol. The van der Waals surface area contributed by atoms with Crippen LogP contribution in [0.25, 0.3) is 10.9 Å². The highest BCUT2D eigenvalue weighted by atomic mass is 35.5. The molecule has 7 heteroatoms. The van der Waals surface area contributed by atoms with E-state index in [2.05, 4.69) is 40.3 Å². The topological polar surface area (TPSA) is 46.4 Å². The summed E-state index contributed by atoms with van der Waals surface area (Å²) in [6.07, 6.45) is 4.27. The lowest BCUT2D eigenvalue weighted by atomic mass is 10.2. The van der Waals surface area contributed by atoms with Crippen LogP contribution in [-0.4, -0.2) is 32.3 Å². The number of hydrogen-bond acceptors (Lipinski definition) is 4. The predicted molar refractivity (Wildman–Crippen MR) is 126 cm³/mol. The number of thioether (sulfide) groups is 2. The molecule has 0 atom stereocenters. The van der Waals surface area contributed by atoms with Crippen LogP contribution in [0.3, 0.4) is 0 Å². The summed E-state index contributed by atoms with van der Waals surface area (Å²) in [5.74, 6) is 2.16. The molecule has 0 radical (unpaired) electrons. The summed E-state index contributed by atoms with van der Waals surface area (Å²) >= 11 is 9.69. The van der Waals surface area contributed by atoms with Gasteiger partial charge in [-0.3, -0.25) is 4.79 Å². The first-order chi connectivity index (χ1) is 14.0. The molecular formula is C22H22ClN3OS2. The molecule has 0 bridgehead atoms. The van der Waals surface area contributed by atoms with Crippen molar-refractivity contribution in [2.24, 2.45) is 5.10 Å². The number of hydrazone groups is 1. The number of carbonyl (C=O) groups is 1. The maximum atomic E-state index is 12.3. The quantitative estimate of drug-likeness (QED) is 0.411. The van der Waals surface area contributed by atoms with Gasteiger partial charge in [-0.2, -0.15) is 5.10 Å². The van der Waals surface area contributed by atoms with Crippen LogP contribution in [0.15, 0.2) is 59.8 Å². The first-order valence-electron chi connectivity index (χ1n) is 9.45. The Hall–Kier alpha value is -1.89. The fourth-order valence-corrected chi connectivity index (χ4v) is 6.42. The Morgan fingerprint density at radius 3 is 2.69 bits per heavy atom. The predicted octanol–water partition coefficient (Wildman–Crippen LogP) is 5.38. The third kappa shape index (κ3) is 5.00. The van der Waals surface area contributed by atoms with Gasteiger partial charge < -0.3 is 4.57 Å². The highest BCUT2D eigenvalue weighted by Gasteiger charge is 2.32. The van der Waals surface area contributed by atoms with Gasteiger partial charge in [0.25, 0.3) is 0 Å². The molecule has 1 N–H and O–H groups in total. The monoisotopic (exact) mass is 443 g/mol. The van der Waals surface area contributed by atoms with E-state index in [1.54, 1.807) is 6.21 Å². The molecule has 0 saturated carbocycles. The van der Waals surface area contributed by atoms with Crippen LogP contribution in [0.4, 0.5) is 0 Å². The lowest BCUT2D eigenvalue weighted by Gasteiger charge is -2.19. The smallest absolute Gasteiger partial charge is 0.242 e. The van der Waals surface area contributed by atoms with E-state index in [4.69, 9.17) is 11.6 Å². The number of nitrogens with one attached hydrogen (secondary N) is 1. The minimum atomic E-state index is -0.0458. The molecule has 1 aliphatic rings. The molecule has 1 aromatic heterocycles. The highest BCUT2D eigenvalue weighted by molar-refractivity contribution is 8.21. The lowest BCUT2D eigenvalue weighted by molar-refractivity contribution is -0.121. The van der Waals surface area contributed by atoms with E-state index in [-0.39, 0.29) is 9.99 Å². The molecule has 0 unspecified atom stereocenters. The second-order valence-corrected chi connectivity index (χ2v) is 11.0. The van der Waals surface area contributed by atoms with Gasteiger partial charge in [-0.25, -0.2) is 5.43 Å². The Morgan fingerprint density at radius 2 is 1.93 bits per heavy atom. The molecule has 150 valence electrons. The summed E-state index contributed by atoms with van der Waals surface area (Å²) in [6, 6.07) is 16.1. The van der Waals surface area contributed by atoms with Gasteiger partial charge in [0.05, 0.1) is 16.7 Å². The number of rotatable bonds is 6. The van der Waals surface area contributed by atoms with Crippen LogP contribution < -0.4 is 5.43 Å². The standard InChI is InChI=1S/C22H22ClN3OS2/c1-22(28-10-11-29-22)12-21(27)25-24-13-17-15-26(20-5-3-2-4-19(17)20)14-16-6-8-18(23)9-7-16/h2-9,13,15H,10-12,14H2,1H3,(H,25,27)/b24-13-. The van der Waals surface area contributed by atoms with Crippen molar-refractivity contribution in [2.45, 2.75) is 24.0 Å². The Labute approximate surface area is 184 Å². The number of nitrogens with zero attached hydrogens (tertiary/aromatic N) is 2. The van der Waals surface area contributed by atoms with Crippen molar-refractivity contribution in [1.29, 1.82) is 0 Å². The Balaban J connectivity index is 1.49. The van der Waals surface area contributed by atoms with Crippen LogP contribution in [0.2, 0.25) is 5.02 Å². The van der Waals surface area contributed by atoms with Crippen molar-refractivity contribution < 1.29 is 4.79 Å². The van der Waals surface area contributed by atoms with E-state index < -0.39 is 0 Å². The second-order valence-electron chi connectivity index (χ2n) is 7.16. The van der Waals surface area contributed by atoms with Gasteiger partial charge in [-0.15, -0.1) is 23.5 Å². The van der Waals surface area contributed by atoms with Crippen molar-refractivity contribution in [1.82, 2.24) is 9.99 Å². The zero-order valence-corrected chi connectivity index (χ0v) is 18.5. The van der Waals surface area contributed by atoms with Gasteiger partial charge in [-0.05, 0) is 30.7 Å². The molecule has 2 aromatic carbocycles. The van der Waals surface area contributed by atoms with Gasteiger partial charge in [0.1, 0.15) is 0 Å². The molecule has 0 spiro atoms. The van der Waals surface area contributed by atoms with E-state index >= 15 is 0 Å². The Bertz CT molecular complexity index is 1040. The number of fused-ring (bicyclic) bond motifs is 1. The molecular weight excluding hydrogens is 422 g/mol. The minimum Gasteiger partial charge on any atom is -0.342 e. The fourth-order valence-electron chi connectivity index (χ4n) is 3.46. The number of amides is 1. The molecule has 1 saturated heterocycles. The van der Waals surface area contributed by atoms with E-state index in [1.807, 2.05) is 59.9 Å². The molecule has 4 rings (SSSR count). The highest BCUT2D eigenvalue weighted by Crippen LogP contribution is 2.45. The third-order valence-electron chi connectivity index (χ3n) is 4.86. The van der Waals surface area contributed by atoms with Gasteiger partial charge in [-0.1, -0.05) is 41.9 Å². The number of hydrogen-bond donors (Lipinski definition) is 1. The van der Waals surface area contributed by atoms with E-state index in [0.717, 1.165) is 39.5 Å². The van der Waals surface area contributed by atoms with Gasteiger partial charge in [0.2, 0.25) is 5.91 Å². The Kier molecular flexibility index (Phi) is 6.23. The van der Waals surface area contributed by atoms with Crippen LogP contribution >= 0.6 is 35.1 Å². The zero-order valence-electron chi connectivity index (χ0n) is 16.1. The van der Waals surface area contributed by atoms with Crippen LogP contribution in [0.5, 0.6) is 0 Å². The third-order valence-corrected chi connectivity index (χ3v) is 8.40. The normalized spacial score (nSPS) is 15.9. The van der Waals surface area contributed by atoms with Crippen LogP contribution in [0, 0.1) is 0 Å². The fraction of sp³-hybridized carbons (Fsp3) is 0.273. The number of para-hydroxylation sites is 1. The summed E-state index contributed by atoms with van der Waals surface area (Å²) in [4.78, 5) is 12.3. The average Bonchev–Trinajstić information content (AvgIpc) is 3.28. The van der Waals surface area contributed by atoms with Crippen molar-refractivity contribution in [3.8, 4) is 0 Å². The van der Waals surface area contributed by atoms with E-state index in [9.17, 15) is 4.79 Å². The largest absolute Gasteiger partial charge is 0.342 e. The summed E-state index contributed by atoms with van der Waals surface area (Å²) in [6.45, 7) is 2.87. The molecule has 3 aromatic rings. The van der Waals surface area contributed by atoms with Crippen molar-refractivity contribution >= 4 is 58.1 Å². The van der Waals surface area contributed by atoms with Crippen LogP contribution in [0.1, 0.15) is 24.5 Å². The van der Waals surface area contributed by atoms with Crippen molar-refractivity contribution in [3.63, 3.8) is 0 Å². The number of benzene rings is 2. The first-order valence-corrected chi connectivity index (χ1v) is 11.8. The Morgan fingerprint density at radius 1 is 1.21 bits per heavy atom. The summed E-state index contributed by atoms with van der Waals surface area (Å²) in [5, 5.41) is 6.06. The van der Waals surface area contributed by atoms with E-state index in [0.29, 0.717) is 6.42 Å². The minimum absolute atomic E-state index is 0.0335. The van der Waals surface area contributed by atoms with Gasteiger partial charge in [0, 0.05) is 45.7 Å². The molecule has 0 aliphatic carbocycles. The van der Waals surface area contributed by atoms with Gasteiger partial charge >= 0.3 is 0 Å². The number of aromatic nitrogens is 1. The number of halogens is 1. The molecule has 1 aliphatic heterocycles. The number of carbonyl (C=O) groups excluding carboxylic acids is 1. The van der Waals surface area contributed by atoms with E-state index in [1.165, 1.54) is 5.56 Å². The zero-order chi connectivity index (χ0) is 20.3. The maximum absolute atomic E-state index is 12.3. The molecule has 1 fully saturated rings. The van der Waals surface area contributed by atoms with Crippen LogP contribution in [-0.2, 0) is 11.3 Å². The lowest BCUT2D eigenvalue weighted by Crippen LogP contribution is -2.26. The van der Waals surface area contributed by atoms with Gasteiger partial charge in [0.15, 0.2) is 0 Å². The summed E-state index contributed by atoms with van der Waals surface area (Å²) in [5.41, 5.74) is 5.97. The first kappa shape index (κ1) is 20.4. The second kappa shape index (κ2) is 8.86. The molecule has 1 amide bonds. The molecule has 2 heterocycles. The summed E-state index contributed by atoms with van der Waals surface area (Å²) in [7, 11) is 0. The van der Waals surface area contributed by atoms with Crippen molar-refractivity contribution in [2.75, 3.05) is 11.5 Å². The SMILES string of the molecule is CC1(CC(=O)N/N=C\c2cn(Cc3ccc(Cl)cc3)c3ccccc23)SCCS1. The van der Waals surface area contributed by atoms with Crippen molar-refractivity contribution in [3.05, 3.63) is 70.9 Å².